The number of hydrogen-bond acceptors (Lipinski definition) is 18. The van der Waals surface area contributed by atoms with Crippen LogP contribution >= 0.6 is 0 Å². The molecule has 1 aromatic heterocycles. The number of hydrogen-bond donors (Lipinski definition) is 5. The van der Waals surface area contributed by atoms with Crippen molar-refractivity contribution in [3.8, 4) is 0 Å². The van der Waals surface area contributed by atoms with Crippen LogP contribution in [-0.2, 0) is 55.6 Å². The predicted molar refractivity (Wildman–Crippen MR) is 280 cm³/mol. The molecule has 20 nitrogen and oxygen atoms in total. The van der Waals surface area contributed by atoms with Crippen LogP contribution in [0.1, 0.15) is 124 Å². The summed E-state index contributed by atoms with van der Waals surface area (Å²) >= 11 is 0. The van der Waals surface area contributed by atoms with Crippen LogP contribution in [0.2, 0.25) is 0 Å². The van der Waals surface area contributed by atoms with E-state index in [0.717, 1.165) is 11.1 Å². The van der Waals surface area contributed by atoms with Crippen molar-refractivity contribution in [3.05, 3.63) is 47.3 Å². The van der Waals surface area contributed by atoms with Crippen LogP contribution in [0.4, 0.5) is 4.39 Å². The van der Waals surface area contributed by atoms with E-state index in [9.17, 15) is 39.5 Å². The third-order valence-corrected chi connectivity index (χ3v) is 16.7. The number of benzene rings is 1. The van der Waals surface area contributed by atoms with Crippen LogP contribution in [0.3, 0.4) is 0 Å². The average Bonchev–Trinajstić information content (AvgIpc) is 3.84. The van der Waals surface area contributed by atoms with Crippen LogP contribution in [0.25, 0.3) is 0 Å². The molecule has 0 radical (unpaired) electrons. The first-order chi connectivity index (χ1) is 35.5. The van der Waals surface area contributed by atoms with Crippen molar-refractivity contribution < 1.29 is 72.7 Å². The van der Waals surface area contributed by atoms with E-state index in [4.69, 9.17) is 33.2 Å². The van der Waals surface area contributed by atoms with Crippen molar-refractivity contribution in [2.75, 3.05) is 62.2 Å². The molecule has 3 aliphatic rings. The zero-order chi connectivity index (χ0) is 56.8. The molecule has 0 spiro atoms. The second-order valence-corrected chi connectivity index (χ2v) is 23.2. The Morgan fingerprint density at radius 2 is 1.62 bits per heavy atom. The largest absolute Gasteiger partial charge is 0.459 e. The molecule has 0 aliphatic carbocycles. The van der Waals surface area contributed by atoms with Crippen LogP contribution in [0, 0.1) is 17.8 Å². The molecule has 1 aromatic carbocycles. The summed E-state index contributed by atoms with van der Waals surface area (Å²) in [6.07, 6.45) is -7.94. The smallest absolute Gasteiger partial charge is 0.311 e. The molecule has 0 saturated carbocycles. The van der Waals surface area contributed by atoms with Crippen LogP contribution in [-0.4, -0.2) is 220 Å². The van der Waals surface area contributed by atoms with Crippen LogP contribution in [0.15, 0.2) is 30.5 Å². The number of amides is 1. The van der Waals surface area contributed by atoms with Gasteiger partial charge in [0.15, 0.2) is 12.6 Å². The number of aromatic nitrogens is 3. The maximum atomic E-state index is 14.9. The topological polar surface area (TPSA) is 240 Å². The lowest BCUT2D eigenvalue weighted by molar-refractivity contribution is -0.318. The lowest BCUT2D eigenvalue weighted by Crippen LogP contribution is -2.61. The van der Waals surface area contributed by atoms with Gasteiger partial charge in [0.1, 0.15) is 48.8 Å². The van der Waals surface area contributed by atoms with E-state index in [-0.39, 0.29) is 37.5 Å². The number of esters is 1. The summed E-state index contributed by atoms with van der Waals surface area (Å²) in [5.41, 5.74) is -2.48. The van der Waals surface area contributed by atoms with Gasteiger partial charge in [-0.1, -0.05) is 50.3 Å². The summed E-state index contributed by atoms with van der Waals surface area (Å²) in [6, 6.07) is 5.39. The Bertz CT molecular complexity index is 2140. The van der Waals surface area contributed by atoms with Crippen molar-refractivity contribution in [1.82, 2.24) is 29.7 Å². The Morgan fingerprint density at radius 1 is 0.961 bits per heavy atom. The van der Waals surface area contributed by atoms with Crippen molar-refractivity contribution in [1.29, 1.82) is 0 Å². The molecule has 4 heterocycles. The number of likely N-dealkylation sites (N-methyl/N-ethyl adjacent to an activating group) is 3. The molecule has 20 atom stereocenters. The lowest BCUT2D eigenvalue weighted by Gasteiger charge is -2.49. The molecule has 3 aliphatic heterocycles. The Morgan fingerprint density at radius 3 is 2.21 bits per heavy atom. The molecule has 21 heteroatoms. The highest BCUT2D eigenvalue weighted by atomic mass is 19.1. The number of nitrogens with zero attached hydrogens (tertiary/aromatic N) is 6. The predicted octanol–water partition coefficient (Wildman–Crippen LogP) is 3.63. The monoisotopic (exact) mass is 1080 g/mol. The molecule has 76 heavy (non-hydrogen) atoms. The normalized spacial score (nSPS) is 38.5. The first-order valence-electron chi connectivity index (χ1n) is 27.1. The number of ether oxygens (including phenoxy) is 7. The van der Waals surface area contributed by atoms with Gasteiger partial charge in [0.05, 0.1) is 53.7 Å². The molecular formula is C55H93FN6O14. The van der Waals surface area contributed by atoms with E-state index in [1.54, 1.807) is 68.8 Å². The summed E-state index contributed by atoms with van der Waals surface area (Å²) in [6.45, 7) is 17.4. The fourth-order valence-electron chi connectivity index (χ4n) is 11.7. The van der Waals surface area contributed by atoms with Gasteiger partial charge in [-0.3, -0.25) is 9.59 Å². The number of aliphatic hydroxyl groups excluding tert-OH is 3. The van der Waals surface area contributed by atoms with E-state index in [2.05, 4.69) is 10.3 Å². The summed E-state index contributed by atoms with van der Waals surface area (Å²) < 4.78 is 60.5. The second kappa shape index (κ2) is 26.8. The highest BCUT2D eigenvalue weighted by Crippen LogP contribution is 2.41. The summed E-state index contributed by atoms with van der Waals surface area (Å²) in [5.74, 6) is -2.94. The minimum Gasteiger partial charge on any atom is -0.459 e. The van der Waals surface area contributed by atoms with Gasteiger partial charge in [-0.25, -0.2) is 9.07 Å². The van der Waals surface area contributed by atoms with E-state index < -0.39 is 127 Å². The zero-order valence-electron chi connectivity index (χ0n) is 48.0. The Kier molecular flexibility index (Phi) is 22.4. The molecule has 0 bridgehead atoms. The van der Waals surface area contributed by atoms with Crippen molar-refractivity contribution in [2.45, 2.75) is 210 Å². The minimum atomic E-state index is -1.86. The quantitative estimate of drug-likeness (QED) is 0.142. The fraction of sp³-hybridized carbons (Fsp3) is 0.818. The van der Waals surface area contributed by atoms with Crippen molar-refractivity contribution >= 4 is 11.9 Å². The Hall–Kier alpha value is -3.29. The second-order valence-electron chi connectivity index (χ2n) is 23.2. The van der Waals surface area contributed by atoms with Crippen molar-refractivity contribution in [3.63, 3.8) is 0 Å². The summed E-state index contributed by atoms with van der Waals surface area (Å²) in [4.78, 5) is 32.2. The molecule has 1 amide bonds. The van der Waals surface area contributed by atoms with Gasteiger partial charge in [-0.15, -0.1) is 5.10 Å². The number of methoxy groups -OCH3 is 2. The highest BCUT2D eigenvalue weighted by molar-refractivity contribution is 5.78. The summed E-state index contributed by atoms with van der Waals surface area (Å²) in [5, 5.41) is 68.5. The Balaban J connectivity index is 1.42. The molecule has 5 rings (SSSR count). The SMILES string of the molecule is CC[C@H]1OC(=O)[C@H](C)[C@@H](O[C@H]2C[C@@](C)(OC)[C@@H](O)[C@H](C)O2)[C@H](C)[C@@H](O[C@@H]2O[C@H](C)C[C@H](N(C)CCc3cn([C@H](CF)[C@H](OC)c4ccc(CC(=O)N(C)C)cc4)nn3)[C@H]2O)[C@](C)(O)C[C@@H](C)CN(C)[C@H](C)[C@@H](O)[C@]1(C)O. The highest BCUT2D eigenvalue weighted by Gasteiger charge is 2.53. The van der Waals surface area contributed by atoms with Gasteiger partial charge in [-0.2, -0.15) is 0 Å². The molecule has 434 valence electrons. The van der Waals surface area contributed by atoms with Crippen LogP contribution < -0.4 is 0 Å². The van der Waals surface area contributed by atoms with E-state index in [1.807, 2.05) is 62.0 Å². The third kappa shape index (κ3) is 14.9. The van der Waals surface area contributed by atoms with E-state index in [1.165, 1.54) is 30.7 Å². The standard InChI is InChI=1S/C55H93FN6O14/c1-17-42-55(10,69)48(65)35(6)61(14)29-31(2)26-53(8,68)50(33(4)46(34(5)51(67)74-42)75-44-27-54(9,71-16)49(66)36(7)73-44)76-52-45(64)40(24-32(3)72-52)60(13)23-22-39-30-62(58-57-39)41(28-56)47(70-15)38-20-18-37(19-21-38)25-43(63)59(11)12/h18-21,30-36,40-42,44-50,52,64-66,68-69H,17,22-29H2,1-16H3/t31-,32-,33+,34-,35-,36+,40+,41-,42-,44+,45-,46+,47-,48-,49+,50-,52+,53-,54-,55-/m1/s1. The number of alkyl halides is 1. The van der Waals surface area contributed by atoms with Crippen LogP contribution in [0.5, 0.6) is 0 Å². The average molecular weight is 1080 g/mol. The van der Waals surface area contributed by atoms with Crippen molar-refractivity contribution in [2.24, 2.45) is 17.8 Å². The lowest BCUT2D eigenvalue weighted by atomic mass is 9.77. The first kappa shape index (κ1) is 63.5. The maximum absolute atomic E-state index is 14.9. The number of cyclic esters (lactones) is 1. The zero-order valence-corrected chi connectivity index (χ0v) is 48.0. The van der Waals surface area contributed by atoms with Gasteiger partial charge in [0.25, 0.3) is 0 Å². The molecule has 5 N–H and O–H groups in total. The van der Waals surface area contributed by atoms with Gasteiger partial charge in [-0.05, 0) is 98.9 Å². The Labute approximate surface area is 450 Å². The van der Waals surface area contributed by atoms with Gasteiger partial charge in [0.2, 0.25) is 5.91 Å². The van der Waals surface area contributed by atoms with E-state index in [0.29, 0.717) is 31.6 Å². The minimum absolute atomic E-state index is 0.0331. The number of rotatable bonds is 17. The fourth-order valence-corrected chi connectivity index (χ4v) is 11.7. The van der Waals surface area contributed by atoms with E-state index >= 15 is 0 Å². The summed E-state index contributed by atoms with van der Waals surface area (Å²) in [7, 11) is 10.1. The number of carbonyl (C=O) groups excluding carboxylic acids is 2. The molecular weight excluding hydrogens is 988 g/mol. The molecule has 0 unspecified atom stereocenters. The molecule has 2 aromatic rings. The number of aliphatic hydroxyl groups is 5. The maximum Gasteiger partial charge on any atom is 0.311 e. The number of halogens is 1. The number of carbonyl (C=O) groups is 2. The van der Waals surface area contributed by atoms with Gasteiger partial charge < -0.3 is 73.4 Å². The van der Waals surface area contributed by atoms with Gasteiger partial charge in [0, 0.05) is 78.4 Å². The molecule has 3 fully saturated rings. The third-order valence-electron chi connectivity index (χ3n) is 16.7. The van der Waals surface area contributed by atoms with Gasteiger partial charge >= 0.3 is 5.97 Å². The first-order valence-corrected chi connectivity index (χ1v) is 27.1. The molecule has 3 saturated heterocycles.